The predicted molar refractivity (Wildman–Crippen MR) is 62.1 cm³/mol. The van der Waals surface area contributed by atoms with Crippen LogP contribution in [0.5, 0.6) is 5.75 Å². The average molecular weight is 226 g/mol. The van der Waals surface area contributed by atoms with Crippen molar-refractivity contribution in [2.45, 2.75) is 27.2 Å². The highest BCUT2D eigenvalue weighted by molar-refractivity contribution is 5.30. The van der Waals surface area contributed by atoms with E-state index in [0.29, 0.717) is 6.61 Å². The van der Waals surface area contributed by atoms with Crippen molar-refractivity contribution in [2.75, 3.05) is 13.2 Å². The monoisotopic (exact) mass is 226 g/mol. The number of aryl methyl sites for hydroxylation is 1. The summed E-state index contributed by atoms with van der Waals surface area (Å²) in [5.74, 6) is -0.0909. The largest absolute Gasteiger partial charge is 0.490 e. The first-order valence-electron chi connectivity index (χ1n) is 5.50. The van der Waals surface area contributed by atoms with Gasteiger partial charge in [0.15, 0.2) is 11.6 Å². The smallest absolute Gasteiger partial charge is 0.165 e. The van der Waals surface area contributed by atoms with Crippen molar-refractivity contribution in [2.24, 2.45) is 5.41 Å². The molecular formula is C13H19FO2. The van der Waals surface area contributed by atoms with Gasteiger partial charge in [-0.1, -0.05) is 26.8 Å². The SMILES string of the molecule is CCc1ccc(F)c(OCC(C)(C)CO)c1. The predicted octanol–water partition coefficient (Wildman–Crippen LogP) is 2.79. The van der Waals surface area contributed by atoms with Crippen LogP contribution in [0.1, 0.15) is 26.3 Å². The van der Waals surface area contributed by atoms with E-state index in [9.17, 15) is 4.39 Å². The number of aliphatic hydroxyl groups is 1. The molecule has 3 heteroatoms. The first-order valence-corrected chi connectivity index (χ1v) is 5.50. The van der Waals surface area contributed by atoms with Gasteiger partial charge in [0.1, 0.15) is 0 Å². The molecule has 1 aromatic rings. The maximum absolute atomic E-state index is 13.4. The van der Waals surface area contributed by atoms with Crippen LogP contribution in [0, 0.1) is 11.2 Å². The van der Waals surface area contributed by atoms with Crippen LogP contribution in [0.25, 0.3) is 0 Å². The number of ether oxygens (including phenoxy) is 1. The summed E-state index contributed by atoms with van der Waals surface area (Å²) in [6.45, 7) is 6.06. The van der Waals surface area contributed by atoms with Crippen LogP contribution >= 0.6 is 0 Å². The summed E-state index contributed by atoms with van der Waals surface area (Å²) >= 11 is 0. The highest BCUT2D eigenvalue weighted by Crippen LogP contribution is 2.22. The van der Waals surface area contributed by atoms with Gasteiger partial charge in [-0.3, -0.25) is 0 Å². The van der Waals surface area contributed by atoms with E-state index >= 15 is 0 Å². The van der Waals surface area contributed by atoms with Gasteiger partial charge in [0.25, 0.3) is 0 Å². The maximum atomic E-state index is 13.4. The molecule has 16 heavy (non-hydrogen) atoms. The van der Waals surface area contributed by atoms with E-state index in [4.69, 9.17) is 9.84 Å². The molecule has 0 saturated carbocycles. The lowest BCUT2D eigenvalue weighted by Gasteiger charge is -2.22. The fourth-order valence-electron chi connectivity index (χ4n) is 1.20. The molecule has 0 bridgehead atoms. The van der Waals surface area contributed by atoms with Crippen molar-refractivity contribution in [1.82, 2.24) is 0 Å². The van der Waals surface area contributed by atoms with Crippen LogP contribution in [0.15, 0.2) is 18.2 Å². The van der Waals surface area contributed by atoms with Crippen LogP contribution in [0.3, 0.4) is 0 Å². The number of hydrogen-bond donors (Lipinski definition) is 1. The lowest BCUT2D eigenvalue weighted by atomic mass is 9.96. The molecule has 0 spiro atoms. The molecule has 0 aliphatic carbocycles. The molecule has 0 saturated heterocycles. The maximum Gasteiger partial charge on any atom is 0.165 e. The first-order chi connectivity index (χ1) is 7.48. The van der Waals surface area contributed by atoms with E-state index in [0.717, 1.165) is 12.0 Å². The number of rotatable bonds is 5. The summed E-state index contributed by atoms with van der Waals surface area (Å²) in [7, 11) is 0. The van der Waals surface area contributed by atoms with Gasteiger partial charge in [-0.15, -0.1) is 0 Å². The van der Waals surface area contributed by atoms with Crippen molar-refractivity contribution >= 4 is 0 Å². The molecule has 0 aliphatic rings. The molecule has 0 fully saturated rings. The number of halogens is 1. The minimum absolute atomic E-state index is 0.0160. The zero-order valence-electron chi connectivity index (χ0n) is 10.1. The Balaban J connectivity index is 2.73. The molecular weight excluding hydrogens is 207 g/mol. The lowest BCUT2D eigenvalue weighted by Crippen LogP contribution is -2.25. The van der Waals surface area contributed by atoms with Crippen molar-refractivity contribution in [3.05, 3.63) is 29.6 Å². The average Bonchev–Trinajstić information content (AvgIpc) is 2.28. The second-order valence-electron chi connectivity index (χ2n) is 4.73. The van der Waals surface area contributed by atoms with Gasteiger partial charge in [-0.2, -0.15) is 0 Å². The van der Waals surface area contributed by atoms with Crippen molar-refractivity contribution in [3.8, 4) is 5.75 Å². The van der Waals surface area contributed by atoms with Crippen molar-refractivity contribution in [1.29, 1.82) is 0 Å². The summed E-state index contributed by atoms with van der Waals surface area (Å²) in [6.07, 6.45) is 0.847. The Morgan fingerprint density at radius 1 is 1.38 bits per heavy atom. The second-order valence-corrected chi connectivity index (χ2v) is 4.73. The third-order valence-electron chi connectivity index (χ3n) is 2.45. The van der Waals surface area contributed by atoms with E-state index in [1.807, 2.05) is 20.8 Å². The van der Waals surface area contributed by atoms with Gasteiger partial charge in [-0.05, 0) is 24.1 Å². The van der Waals surface area contributed by atoms with Crippen LogP contribution in [-0.4, -0.2) is 18.3 Å². The van der Waals surface area contributed by atoms with Gasteiger partial charge in [0.2, 0.25) is 0 Å². The Kier molecular flexibility index (Phi) is 4.30. The van der Waals surface area contributed by atoms with E-state index in [1.165, 1.54) is 6.07 Å². The molecule has 0 aromatic heterocycles. The molecule has 0 unspecified atom stereocenters. The third-order valence-corrected chi connectivity index (χ3v) is 2.45. The molecule has 1 N–H and O–H groups in total. The molecule has 1 aromatic carbocycles. The molecule has 90 valence electrons. The Morgan fingerprint density at radius 3 is 2.62 bits per heavy atom. The third kappa shape index (κ3) is 3.49. The summed E-state index contributed by atoms with van der Waals surface area (Å²) in [5, 5.41) is 9.07. The van der Waals surface area contributed by atoms with Crippen LogP contribution in [-0.2, 0) is 6.42 Å². The fourth-order valence-corrected chi connectivity index (χ4v) is 1.20. The van der Waals surface area contributed by atoms with Crippen molar-refractivity contribution in [3.63, 3.8) is 0 Å². The molecule has 0 radical (unpaired) electrons. The highest BCUT2D eigenvalue weighted by Gasteiger charge is 2.18. The molecule has 2 nitrogen and oxygen atoms in total. The fraction of sp³-hybridized carbons (Fsp3) is 0.538. The molecule has 1 rings (SSSR count). The number of hydrogen-bond acceptors (Lipinski definition) is 2. The minimum Gasteiger partial charge on any atom is -0.490 e. The topological polar surface area (TPSA) is 29.5 Å². The van der Waals surface area contributed by atoms with Gasteiger partial charge in [-0.25, -0.2) is 4.39 Å². The van der Waals surface area contributed by atoms with Crippen molar-refractivity contribution < 1.29 is 14.2 Å². The Labute approximate surface area is 96.1 Å². The summed E-state index contributed by atoms with van der Waals surface area (Å²) < 4.78 is 18.8. The first kappa shape index (κ1) is 13.0. The van der Waals surface area contributed by atoms with E-state index in [2.05, 4.69) is 0 Å². The summed E-state index contributed by atoms with van der Waals surface area (Å²) in [6, 6.07) is 4.88. The van der Waals surface area contributed by atoms with Crippen LogP contribution < -0.4 is 4.74 Å². The zero-order chi connectivity index (χ0) is 12.2. The normalized spacial score (nSPS) is 11.6. The number of benzene rings is 1. The van der Waals surface area contributed by atoms with Gasteiger partial charge < -0.3 is 9.84 Å². The highest BCUT2D eigenvalue weighted by atomic mass is 19.1. The molecule has 0 heterocycles. The van der Waals surface area contributed by atoms with E-state index in [1.54, 1.807) is 12.1 Å². The lowest BCUT2D eigenvalue weighted by molar-refractivity contribution is 0.0953. The molecule has 0 aliphatic heterocycles. The standard InChI is InChI=1S/C13H19FO2/c1-4-10-5-6-11(14)12(7-10)16-9-13(2,3)8-15/h5-7,15H,4,8-9H2,1-3H3. The van der Waals surface area contributed by atoms with E-state index in [-0.39, 0.29) is 23.6 Å². The molecule has 0 amide bonds. The minimum atomic E-state index is -0.356. The van der Waals surface area contributed by atoms with Gasteiger partial charge in [0.05, 0.1) is 13.2 Å². The van der Waals surface area contributed by atoms with Gasteiger partial charge >= 0.3 is 0 Å². The summed E-state index contributed by atoms with van der Waals surface area (Å²) in [5.41, 5.74) is 0.687. The van der Waals surface area contributed by atoms with E-state index < -0.39 is 0 Å². The Hall–Kier alpha value is -1.09. The second kappa shape index (κ2) is 5.30. The number of aliphatic hydroxyl groups excluding tert-OH is 1. The van der Waals surface area contributed by atoms with Crippen LogP contribution in [0.4, 0.5) is 4.39 Å². The Bertz CT molecular complexity index is 348. The zero-order valence-corrected chi connectivity index (χ0v) is 10.1. The molecule has 0 atom stereocenters. The van der Waals surface area contributed by atoms with Crippen LogP contribution in [0.2, 0.25) is 0 Å². The summed E-state index contributed by atoms with van der Waals surface area (Å²) in [4.78, 5) is 0. The Morgan fingerprint density at radius 2 is 2.06 bits per heavy atom. The van der Waals surface area contributed by atoms with Gasteiger partial charge in [0, 0.05) is 5.41 Å². The quantitative estimate of drug-likeness (QED) is 0.836.